The third-order valence-electron chi connectivity index (χ3n) is 4.36. The summed E-state index contributed by atoms with van der Waals surface area (Å²) in [6.07, 6.45) is 8.49. The van der Waals surface area contributed by atoms with Gasteiger partial charge in [-0.1, -0.05) is 26.2 Å². The van der Waals surface area contributed by atoms with E-state index in [2.05, 4.69) is 32.2 Å². The first-order valence-corrected chi connectivity index (χ1v) is 8.31. The van der Waals surface area contributed by atoms with Crippen molar-refractivity contribution in [1.29, 1.82) is 0 Å². The lowest BCUT2D eigenvalue weighted by Crippen LogP contribution is -2.36. The van der Waals surface area contributed by atoms with Gasteiger partial charge in [0.15, 0.2) is 0 Å². The number of hydrogen-bond acceptors (Lipinski definition) is 2. The molecule has 1 atom stereocenters. The lowest BCUT2D eigenvalue weighted by Gasteiger charge is -2.30. The summed E-state index contributed by atoms with van der Waals surface area (Å²) < 4.78 is 0. The normalized spacial score (nSPS) is 19.1. The summed E-state index contributed by atoms with van der Waals surface area (Å²) in [5, 5.41) is 3.82. The molecule has 2 heteroatoms. The molecule has 0 bridgehead atoms. The van der Waals surface area contributed by atoms with Gasteiger partial charge >= 0.3 is 0 Å². The summed E-state index contributed by atoms with van der Waals surface area (Å²) in [4.78, 5) is 2.92. The van der Waals surface area contributed by atoms with Crippen molar-refractivity contribution in [3.63, 3.8) is 0 Å². The fourth-order valence-electron chi connectivity index (χ4n) is 3.28. The van der Waals surface area contributed by atoms with E-state index in [0.717, 1.165) is 18.5 Å². The van der Waals surface area contributed by atoms with Crippen molar-refractivity contribution in [2.45, 2.75) is 71.9 Å². The second-order valence-electron chi connectivity index (χ2n) is 5.73. The highest BCUT2D eigenvalue weighted by Crippen LogP contribution is 2.28. The smallest absolute Gasteiger partial charge is 0.0219 e. The van der Waals surface area contributed by atoms with Crippen LogP contribution < -0.4 is 5.32 Å². The lowest BCUT2D eigenvalue weighted by molar-refractivity contribution is 0.261. The van der Waals surface area contributed by atoms with Gasteiger partial charge in [0.2, 0.25) is 0 Å². The average Bonchev–Trinajstić information content (AvgIpc) is 2.70. The van der Waals surface area contributed by atoms with Crippen LogP contribution in [0.2, 0.25) is 0 Å². The van der Waals surface area contributed by atoms with Gasteiger partial charge in [-0.15, -0.1) is 11.3 Å². The zero-order valence-corrected chi connectivity index (χ0v) is 12.9. The minimum absolute atomic E-state index is 0.727. The second kappa shape index (κ2) is 6.72. The Labute approximate surface area is 116 Å². The molecule has 0 saturated heterocycles. The number of thiophene rings is 1. The van der Waals surface area contributed by atoms with Crippen molar-refractivity contribution >= 4 is 11.3 Å². The highest BCUT2D eigenvalue weighted by molar-refractivity contribution is 7.12. The van der Waals surface area contributed by atoms with Crippen LogP contribution in [0.3, 0.4) is 0 Å². The minimum Gasteiger partial charge on any atom is -0.310 e. The first kappa shape index (κ1) is 14.1. The van der Waals surface area contributed by atoms with Gasteiger partial charge in [0.1, 0.15) is 0 Å². The third-order valence-corrected chi connectivity index (χ3v) is 5.37. The van der Waals surface area contributed by atoms with E-state index in [0.29, 0.717) is 0 Å². The fourth-order valence-corrected chi connectivity index (χ4v) is 4.23. The van der Waals surface area contributed by atoms with Crippen molar-refractivity contribution in [3.8, 4) is 0 Å². The molecule has 1 aliphatic carbocycles. The summed E-state index contributed by atoms with van der Waals surface area (Å²) in [5.74, 6) is 0.920. The van der Waals surface area contributed by atoms with E-state index >= 15 is 0 Å². The Balaban J connectivity index is 1.88. The molecule has 0 aliphatic heterocycles. The Bertz CT molecular complexity index is 363. The zero-order chi connectivity index (χ0) is 13.0. The minimum atomic E-state index is 0.727. The molecule has 0 spiro atoms. The molecule has 0 aromatic carbocycles. The quantitative estimate of drug-likeness (QED) is 0.805. The number of nitrogens with one attached hydrogen (secondary N) is 1. The Kier molecular flexibility index (Phi) is 5.25. The molecule has 2 rings (SSSR count). The second-order valence-corrected chi connectivity index (χ2v) is 7.19. The fraction of sp³-hybridized carbons (Fsp3) is 0.750. The van der Waals surface area contributed by atoms with Crippen LogP contribution in [0.15, 0.2) is 6.07 Å². The molecule has 1 aromatic rings. The van der Waals surface area contributed by atoms with Gasteiger partial charge < -0.3 is 5.32 Å². The Morgan fingerprint density at radius 1 is 1.28 bits per heavy atom. The molecule has 0 radical (unpaired) electrons. The first-order valence-electron chi connectivity index (χ1n) is 7.50. The lowest BCUT2D eigenvalue weighted by atomic mass is 9.83. The molecule has 0 amide bonds. The van der Waals surface area contributed by atoms with Crippen molar-refractivity contribution in [1.82, 2.24) is 5.32 Å². The maximum atomic E-state index is 3.82. The van der Waals surface area contributed by atoms with Gasteiger partial charge in [-0.05, 0) is 50.7 Å². The summed E-state index contributed by atoms with van der Waals surface area (Å²) in [6, 6.07) is 3.07. The predicted molar refractivity (Wildman–Crippen MR) is 81.3 cm³/mol. The van der Waals surface area contributed by atoms with E-state index in [-0.39, 0.29) is 0 Å². The molecule has 1 unspecified atom stereocenters. The Morgan fingerprint density at radius 3 is 2.56 bits per heavy atom. The van der Waals surface area contributed by atoms with Crippen molar-refractivity contribution < 1.29 is 0 Å². The van der Waals surface area contributed by atoms with Gasteiger partial charge in [0.05, 0.1) is 0 Å². The maximum Gasteiger partial charge on any atom is 0.0219 e. The molecule has 1 fully saturated rings. The number of hydrogen-bond donors (Lipinski definition) is 1. The van der Waals surface area contributed by atoms with Gasteiger partial charge in [-0.3, -0.25) is 0 Å². The predicted octanol–water partition coefficient (Wildman–Crippen LogP) is 4.81. The Morgan fingerprint density at radius 2 is 2.00 bits per heavy atom. The van der Waals surface area contributed by atoms with Crippen LogP contribution in [-0.4, -0.2) is 6.04 Å². The van der Waals surface area contributed by atoms with Crippen LogP contribution in [0.25, 0.3) is 0 Å². The Hall–Kier alpha value is -0.340. The summed E-state index contributed by atoms with van der Waals surface area (Å²) in [7, 11) is 0. The largest absolute Gasteiger partial charge is 0.310 e. The van der Waals surface area contributed by atoms with E-state index in [4.69, 9.17) is 0 Å². The van der Waals surface area contributed by atoms with E-state index in [1.807, 2.05) is 11.3 Å². The number of aryl methyl sites for hydroxylation is 2. The zero-order valence-electron chi connectivity index (χ0n) is 12.1. The topological polar surface area (TPSA) is 12.0 Å². The molecule has 1 aliphatic rings. The van der Waals surface area contributed by atoms with E-state index in [9.17, 15) is 0 Å². The van der Waals surface area contributed by atoms with E-state index in [1.54, 1.807) is 0 Å². The van der Waals surface area contributed by atoms with Crippen molar-refractivity contribution in [2.24, 2.45) is 5.92 Å². The summed E-state index contributed by atoms with van der Waals surface area (Å²) >= 11 is 1.92. The van der Waals surface area contributed by atoms with E-state index < -0.39 is 0 Å². The van der Waals surface area contributed by atoms with Crippen molar-refractivity contribution in [2.75, 3.05) is 0 Å². The monoisotopic (exact) mass is 265 g/mol. The molecule has 102 valence electrons. The molecule has 18 heavy (non-hydrogen) atoms. The van der Waals surface area contributed by atoms with Crippen LogP contribution >= 0.6 is 11.3 Å². The number of rotatable bonds is 5. The van der Waals surface area contributed by atoms with Crippen LogP contribution in [0.4, 0.5) is 0 Å². The SMILES string of the molecule is CCC(NCc1cc(C)sc1C)C1CCCCC1. The molecule has 1 aromatic heterocycles. The molecule has 1 saturated carbocycles. The standard InChI is InChI=1S/C16H27NS/c1-4-16(14-8-6-5-7-9-14)17-11-15-10-12(2)18-13(15)3/h10,14,16-17H,4-9,11H2,1-3H3. The average molecular weight is 265 g/mol. The summed E-state index contributed by atoms with van der Waals surface area (Å²) in [5.41, 5.74) is 1.51. The van der Waals surface area contributed by atoms with Crippen molar-refractivity contribution in [3.05, 3.63) is 21.4 Å². The van der Waals surface area contributed by atoms with Crippen LogP contribution in [0, 0.1) is 19.8 Å². The molecule has 1 heterocycles. The molecule has 1 N–H and O–H groups in total. The molecule has 1 nitrogen and oxygen atoms in total. The van der Waals surface area contributed by atoms with Crippen LogP contribution in [-0.2, 0) is 6.54 Å². The van der Waals surface area contributed by atoms with Crippen LogP contribution in [0.1, 0.15) is 60.8 Å². The third kappa shape index (κ3) is 3.58. The summed E-state index contributed by atoms with van der Waals surface area (Å²) in [6.45, 7) is 7.85. The highest BCUT2D eigenvalue weighted by atomic mass is 32.1. The van der Waals surface area contributed by atoms with Gasteiger partial charge in [0, 0.05) is 22.3 Å². The van der Waals surface area contributed by atoms with Crippen LogP contribution in [0.5, 0.6) is 0 Å². The van der Waals surface area contributed by atoms with Gasteiger partial charge in [-0.25, -0.2) is 0 Å². The highest BCUT2D eigenvalue weighted by Gasteiger charge is 2.21. The maximum absolute atomic E-state index is 3.82. The van der Waals surface area contributed by atoms with E-state index in [1.165, 1.54) is 53.8 Å². The first-order chi connectivity index (χ1) is 8.70. The molecular weight excluding hydrogens is 238 g/mol. The molecular formula is C16H27NS. The van der Waals surface area contributed by atoms with Gasteiger partial charge in [0.25, 0.3) is 0 Å². The van der Waals surface area contributed by atoms with Gasteiger partial charge in [-0.2, -0.15) is 0 Å².